The number of hydrogen-bond donors (Lipinski definition) is 1. The molecule has 0 fully saturated rings. The number of carbonyl (C=O) groups excluding carboxylic acids is 1. The van der Waals surface area contributed by atoms with Crippen LogP contribution >= 0.6 is 0 Å². The molecule has 1 amide bonds. The predicted octanol–water partition coefficient (Wildman–Crippen LogP) is 4.83. The Hall–Kier alpha value is -4.33. The molecule has 2 aromatic carbocycles. The summed E-state index contributed by atoms with van der Waals surface area (Å²) in [5, 5.41) is 12.4. The number of anilines is 1. The molecule has 8 heteroatoms. The first-order chi connectivity index (χ1) is 15.9. The van der Waals surface area contributed by atoms with Crippen LogP contribution in [0.25, 0.3) is 28.0 Å². The minimum Gasteiger partial charge on any atom is -0.306 e. The summed E-state index contributed by atoms with van der Waals surface area (Å²) in [7, 11) is 1.81. The first-order valence-corrected chi connectivity index (χ1v) is 10.4. The number of benzene rings is 2. The summed E-state index contributed by atoms with van der Waals surface area (Å²) >= 11 is 0. The van der Waals surface area contributed by atoms with Gasteiger partial charge in [0, 0.05) is 18.7 Å². The van der Waals surface area contributed by atoms with Crippen molar-refractivity contribution in [3.63, 3.8) is 0 Å². The van der Waals surface area contributed by atoms with Gasteiger partial charge in [0.15, 0.2) is 5.65 Å². The van der Waals surface area contributed by atoms with E-state index in [1.807, 2.05) is 45.2 Å². The highest BCUT2D eigenvalue weighted by Crippen LogP contribution is 2.28. The van der Waals surface area contributed by atoms with Gasteiger partial charge in [-0.25, -0.2) is 14.1 Å². The summed E-state index contributed by atoms with van der Waals surface area (Å²) in [4.78, 5) is 18.3. The van der Waals surface area contributed by atoms with Crippen molar-refractivity contribution in [2.45, 2.75) is 13.8 Å². The second-order valence-corrected chi connectivity index (χ2v) is 7.89. The van der Waals surface area contributed by atoms with Crippen molar-refractivity contribution in [3.8, 4) is 16.9 Å². The Kier molecular flexibility index (Phi) is 4.97. The van der Waals surface area contributed by atoms with Gasteiger partial charge in [-0.05, 0) is 44.2 Å². The maximum Gasteiger partial charge on any atom is 0.257 e. The monoisotopic (exact) mass is 440 g/mol. The molecule has 0 radical (unpaired) electrons. The zero-order valence-electron chi connectivity index (χ0n) is 18.4. The van der Waals surface area contributed by atoms with E-state index in [-0.39, 0.29) is 11.7 Å². The van der Waals surface area contributed by atoms with E-state index in [9.17, 15) is 9.18 Å². The first kappa shape index (κ1) is 20.6. The van der Waals surface area contributed by atoms with Crippen molar-refractivity contribution in [2.24, 2.45) is 7.05 Å². The summed E-state index contributed by atoms with van der Waals surface area (Å²) in [6.45, 7) is 3.88. The van der Waals surface area contributed by atoms with Gasteiger partial charge < -0.3 is 5.32 Å². The molecule has 33 heavy (non-hydrogen) atoms. The molecule has 0 saturated heterocycles. The first-order valence-electron chi connectivity index (χ1n) is 10.4. The number of aryl methyl sites for hydroxylation is 3. The third-order valence-corrected chi connectivity index (χ3v) is 5.52. The third-order valence-electron chi connectivity index (χ3n) is 5.52. The summed E-state index contributed by atoms with van der Waals surface area (Å²) in [6.07, 6.45) is 1.58. The van der Waals surface area contributed by atoms with Crippen LogP contribution in [0.4, 0.5) is 10.2 Å². The Bertz CT molecular complexity index is 1480. The van der Waals surface area contributed by atoms with Crippen LogP contribution in [0.2, 0.25) is 0 Å². The Morgan fingerprint density at radius 2 is 1.73 bits per heavy atom. The molecule has 0 unspecified atom stereocenters. The van der Waals surface area contributed by atoms with Gasteiger partial charge in [-0.1, -0.05) is 29.8 Å². The fourth-order valence-corrected chi connectivity index (χ4v) is 3.87. The van der Waals surface area contributed by atoms with E-state index in [0.29, 0.717) is 39.5 Å². The zero-order valence-corrected chi connectivity index (χ0v) is 18.4. The van der Waals surface area contributed by atoms with Gasteiger partial charge >= 0.3 is 0 Å². The molecule has 0 saturated carbocycles. The molecule has 0 aliphatic carbocycles. The molecular formula is C25H21FN6O. The summed E-state index contributed by atoms with van der Waals surface area (Å²) < 4.78 is 16.6. The maximum atomic E-state index is 13.5. The molecule has 3 heterocycles. The lowest BCUT2D eigenvalue weighted by Crippen LogP contribution is -2.16. The maximum absolute atomic E-state index is 13.5. The number of amides is 1. The number of pyridine rings is 1. The van der Waals surface area contributed by atoms with Crippen molar-refractivity contribution in [1.82, 2.24) is 24.5 Å². The Morgan fingerprint density at radius 3 is 2.45 bits per heavy atom. The number of carbonyl (C=O) groups is 1. The standard InChI is InChI=1S/C25H21FN6O/c1-15-4-6-17(7-5-15)21-14-20(23-16(2)30-31(3)24(23)28-21)25(33)29-22-12-13-27-32(22)19-10-8-18(26)9-11-19/h4-14H,1-3H3,(H,29,33). The van der Waals surface area contributed by atoms with Crippen molar-refractivity contribution in [1.29, 1.82) is 0 Å². The second kappa shape index (κ2) is 7.98. The Morgan fingerprint density at radius 1 is 1.00 bits per heavy atom. The van der Waals surface area contributed by atoms with Crippen LogP contribution in [0.3, 0.4) is 0 Å². The van der Waals surface area contributed by atoms with Gasteiger partial charge in [0.2, 0.25) is 0 Å². The van der Waals surface area contributed by atoms with Gasteiger partial charge in [0.25, 0.3) is 5.91 Å². The quantitative estimate of drug-likeness (QED) is 0.434. The molecule has 0 spiro atoms. The minimum atomic E-state index is -0.341. The predicted molar refractivity (Wildman–Crippen MR) is 125 cm³/mol. The van der Waals surface area contributed by atoms with E-state index in [1.54, 1.807) is 39.8 Å². The average molecular weight is 440 g/mol. The molecular weight excluding hydrogens is 419 g/mol. The van der Waals surface area contributed by atoms with E-state index in [2.05, 4.69) is 15.5 Å². The number of aromatic nitrogens is 5. The molecule has 5 aromatic rings. The van der Waals surface area contributed by atoms with Gasteiger partial charge in [0.1, 0.15) is 11.6 Å². The van der Waals surface area contributed by atoms with Crippen molar-refractivity contribution < 1.29 is 9.18 Å². The van der Waals surface area contributed by atoms with E-state index in [1.165, 1.54) is 12.1 Å². The molecule has 0 aliphatic heterocycles. The Labute approximate surface area is 189 Å². The molecule has 164 valence electrons. The molecule has 3 aromatic heterocycles. The largest absolute Gasteiger partial charge is 0.306 e. The van der Waals surface area contributed by atoms with Crippen LogP contribution < -0.4 is 5.32 Å². The van der Waals surface area contributed by atoms with Crippen molar-refractivity contribution >= 4 is 22.8 Å². The van der Waals surface area contributed by atoms with E-state index in [4.69, 9.17) is 4.98 Å². The van der Waals surface area contributed by atoms with Crippen LogP contribution in [0, 0.1) is 19.7 Å². The molecule has 5 rings (SSSR count). The minimum absolute atomic E-state index is 0.310. The molecule has 0 bridgehead atoms. The number of halogens is 1. The molecule has 0 aliphatic rings. The number of nitrogens with zero attached hydrogens (tertiary/aromatic N) is 5. The second-order valence-electron chi connectivity index (χ2n) is 7.89. The van der Waals surface area contributed by atoms with Gasteiger partial charge in [0.05, 0.1) is 34.2 Å². The Balaban J connectivity index is 1.58. The topological polar surface area (TPSA) is 77.6 Å². The van der Waals surface area contributed by atoms with Crippen LogP contribution in [-0.2, 0) is 7.05 Å². The normalized spacial score (nSPS) is 11.2. The fourth-order valence-electron chi connectivity index (χ4n) is 3.87. The summed E-state index contributed by atoms with van der Waals surface area (Å²) in [5.74, 6) is -0.183. The third kappa shape index (κ3) is 3.76. The number of rotatable bonds is 4. The van der Waals surface area contributed by atoms with Crippen LogP contribution in [0.15, 0.2) is 66.9 Å². The van der Waals surface area contributed by atoms with Crippen LogP contribution in [0.5, 0.6) is 0 Å². The molecule has 1 N–H and O–H groups in total. The van der Waals surface area contributed by atoms with E-state index >= 15 is 0 Å². The van der Waals surface area contributed by atoms with Crippen LogP contribution in [0.1, 0.15) is 21.6 Å². The van der Waals surface area contributed by atoms with Crippen molar-refractivity contribution in [2.75, 3.05) is 5.32 Å². The summed E-state index contributed by atoms with van der Waals surface area (Å²) in [6, 6.07) is 17.4. The van der Waals surface area contributed by atoms with Crippen molar-refractivity contribution in [3.05, 3.63) is 89.5 Å². The average Bonchev–Trinajstić information content (AvgIpc) is 3.38. The van der Waals surface area contributed by atoms with Gasteiger partial charge in [-0.2, -0.15) is 10.2 Å². The summed E-state index contributed by atoms with van der Waals surface area (Å²) in [5.41, 5.74) is 5.18. The molecule has 7 nitrogen and oxygen atoms in total. The highest BCUT2D eigenvalue weighted by Gasteiger charge is 2.20. The number of nitrogens with one attached hydrogen (secondary N) is 1. The lowest BCUT2D eigenvalue weighted by Gasteiger charge is -2.11. The van der Waals surface area contributed by atoms with E-state index in [0.717, 1.165) is 11.1 Å². The fraction of sp³-hybridized carbons (Fsp3) is 0.120. The SMILES string of the molecule is Cc1ccc(-c2cc(C(=O)Nc3ccnn3-c3ccc(F)cc3)c3c(C)nn(C)c3n2)cc1. The smallest absolute Gasteiger partial charge is 0.257 e. The molecule has 0 atom stereocenters. The lowest BCUT2D eigenvalue weighted by atomic mass is 10.0. The lowest BCUT2D eigenvalue weighted by molar-refractivity contribution is 0.102. The zero-order chi connectivity index (χ0) is 23.1. The van der Waals surface area contributed by atoms with Gasteiger partial charge in [-0.3, -0.25) is 9.48 Å². The van der Waals surface area contributed by atoms with E-state index < -0.39 is 0 Å². The number of hydrogen-bond acceptors (Lipinski definition) is 4. The highest BCUT2D eigenvalue weighted by atomic mass is 19.1. The van der Waals surface area contributed by atoms with Gasteiger partial charge in [-0.15, -0.1) is 0 Å². The number of fused-ring (bicyclic) bond motifs is 1. The highest BCUT2D eigenvalue weighted by molar-refractivity contribution is 6.13. The van der Waals surface area contributed by atoms with Crippen LogP contribution in [-0.4, -0.2) is 30.5 Å².